The molecule has 0 aliphatic rings. The summed E-state index contributed by atoms with van der Waals surface area (Å²) in [5, 5.41) is 4.06. The Morgan fingerprint density at radius 3 is 2.75 bits per heavy atom. The van der Waals surface area contributed by atoms with Crippen molar-refractivity contribution in [3.63, 3.8) is 0 Å². The molecule has 8 heteroatoms. The van der Waals surface area contributed by atoms with Crippen molar-refractivity contribution in [3.05, 3.63) is 46.5 Å². The monoisotopic (exact) mass is 344 g/mol. The van der Waals surface area contributed by atoms with E-state index in [-0.39, 0.29) is 5.97 Å². The average Bonchev–Trinajstić information content (AvgIpc) is 3.12. The first kappa shape index (κ1) is 16.1. The second-order valence-corrected chi connectivity index (χ2v) is 6.15. The molecule has 1 amide bonds. The topological polar surface area (TPSA) is 78.5 Å². The first-order valence-electron chi connectivity index (χ1n) is 7.35. The molecule has 0 N–H and O–H groups in total. The molecule has 124 valence electrons. The minimum atomic E-state index is -0.400. The molecule has 0 spiro atoms. The van der Waals surface area contributed by atoms with E-state index in [4.69, 9.17) is 4.74 Å². The summed E-state index contributed by atoms with van der Waals surface area (Å²) in [7, 11) is 3.57. The highest BCUT2D eigenvalue weighted by Crippen LogP contribution is 2.19. The van der Waals surface area contributed by atoms with Gasteiger partial charge in [0.05, 0.1) is 22.4 Å². The summed E-state index contributed by atoms with van der Waals surface area (Å²) in [6.45, 7) is 2.09. The Bertz CT molecular complexity index is 996. The van der Waals surface area contributed by atoms with E-state index in [0.29, 0.717) is 22.7 Å². The summed E-state index contributed by atoms with van der Waals surface area (Å²) >= 11 is 1.34. The van der Waals surface area contributed by atoms with E-state index in [1.54, 1.807) is 43.0 Å². The second kappa shape index (κ2) is 6.40. The number of carbonyl (C=O) groups is 2. The van der Waals surface area contributed by atoms with E-state index in [0.717, 1.165) is 10.2 Å². The summed E-state index contributed by atoms with van der Waals surface area (Å²) in [4.78, 5) is 28.7. The molecular formula is C16H16N4O3S. The largest absolute Gasteiger partial charge is 0.462 e. The Kier molecular flexibility index (Phi) is 4.30. The predicted molar refractivity (Wildman–Crippen MR) is 89.9 cm³/mol. The van der Waals surface area contributed by atoms with Crippen molar-refractivity contribution in [2.24, 2.45) is 19.1 Å². The molecule has 3 rings (SSSR count). The van der Waals surface area contributed by atoms with Crippen molar-refractivity contribution in [2.45, 2.75) is 6.92 Å². The summed E-state index contributed by atoms with van der Waals surface area (Å²) < 4.78 is 9.24. The third-order valence-corrected chi connectivity index (χ3v) is 4.55. The van der Waals surface area contributed by atoms with E-state index >= 15 is 0 Å². The van der Waals surface area contributed by atoms with Gasteiger partial charge >= 0.3 is 5.97 Å². The average molecular weight is 344 g/mol. The number of ether oxygens (including phenoxy) is 1. The van der Waals surface area contributed by atoms with Crippen molar-refractivity contribution in [1.29, 1.82) is 0 Å². The molecule has 0 radical (unpaired) electrons. The van der Waals surface area contributed by atoms with Crippen LogP contribution in [0.2, 0.25) is 0 Å². The van der Waals surface area contributed by atoms with Crippen LogP contribution in [0, 0.1) is 0 Å². The van der Waals surface area contributed by atoms with Crippen LogP contribution in [0.1, 0.15) is 27.8 Å². The Labute approximate surface area is 141 Å². The Morgan fingerprint density at radius 1 is 1.29 bits per heavy atom. The molecule has 0 aliphatic heterocycles. The maximum Gasteiger partial charge on any atom is 0.338 e. The molecule has 0 aliphatic carbocycles. The molecule has 0 saturated heterocycles. The highest BCUT2D eigenvalue weighted by Gasteiger charge is 2.12. The Hall–Kier alpha value is -2.74. The van der Waals surface area contributed by atoms with E-state index < -0.39 is 5.91 Å². The van der Waals surface area contributed by atoms with Crippen molar-refractivity contribution in [1.82, 2.24) is 14.3 Å². The number of rotatable bonds is 3. The van der Waals surface area contributed by atoms with Gasteiger partial charge in [-0.25, -0.2) is 4.79 Å². The smallest absolute Gasteiger partial charge is 0.338 e. The molecule has 0 unspecified atom stereocenters. The van der Waals surface area contributed by atoms with Crippen LogP contribution >= 0.6 is 11.3 Å². The molecule has 2 aromatic heterocycles. The fourth-order valence-electron chi connectivity index (χ4n) is 2.26. The summed E-state index contributed by atoms with van der Waals surface area (Å²) in [6.07, 6.45) is 1.69. The van der Waals surface area contributed by atoms with Gasteiger partial charge in [-0.1, -0.05) is 11.3 Å². The standard InChI is InChI=1S/C16H16N4O3S/c1-4-23-15(22)10-5-6-12-13(9-10)24-16(20(12)3)17-14(21)11-7-8-19(2)18-11/h5-9H,4H2,1-3H3. The number of aryl methyl sites for hydroxylation is 2. The van der Waals surface area contributed by atoms with Crippen LogP contribution in [0.4, 0.5) is 0 Å². The quantitative estimate of drug-likeness (QED) is 0.680. The maximum atomic E-state index is 12.2. The van der Waals surface area contributed by atoms with Gasteiger partial charge in [-0.15, -0.1) is 0 Å². The van der Waals surface area contributed by atoms with Gasteiger partial charge in [0.25, 0.3) is 5.91 Å². The van der Waals surface area contributed by atoms with Crippen LogP contribution in [0.25, 0.3) is 10.2 Å². The normalized spacial score (nSPS) is 11.9. The van der Waals surface area contributed by atoms with Gasteiger partial charge in [-0.05, 0) is 31.2 Å². The number of thiazole rings is 1. The first-order valence-corrected chi connectivity index (χ1v) is 8.16. The van der Waals surface area contributed by atoms with Crippen LogP contribution < -0.4 is 4.80 Å². The molecule has 2 heterocycles. The van der Waals surface area contributed by atoms with Gasteiger partial charge in [0.2, 0.25) is 0 Å². The van der Waals surface area contributed by atoms with Crippen molar-refractivity contribution < 1.29 is 14.3 Å². The summed E-state index contributed by atoms with van der Waals surface area (Å²) in [5.74, 6) is -0.762. The van der Waals surface area contributed by atoms with Crippen molar-refractivity contribution in [3.8, 4) is 0 Å². The maximum absolute atomic E-state index is 12.2. The zero-order valence-electron chi connectivity index (χ0n) is 13.5. The highest BCUT2D eigenvalue weighted by atomic mass is 32.1. The zero-order valence-corrected chi connectivity index (χ0v) is 14.3. The second-order valence-electron chi connectivity index (χ2n) is 5.14. The third kappa shape index (κ3) is 3.00. The molecule has 1 aromatic carbocycles. The minimum absolute atomic E-state index is 0.294. The van der Waals surface area contributed by atoms with Gasteiger partial charge in [-0.3, -0.25) is 9.48 Å². The van der Waals surface area contributed by atoms with Crippen LogP contribution in [-0.2, 0) is 18.8 Å². The number of nitrogens with zero attached hydrogens (tertiary/aromatic N) is 4. The molecule has 24 heavy (non-hydrogen) atoms. The number of fused-ring (bicyclic) bond motifs is 1. The first-order chi connectivity index (χ1) is 11.5. The van der Waals surface area contributed by atoms with E-state index in [9.17, 15) is 9.59 Å². The third-order valence-electron chi connectivity index (χ3n) is 3.45. The number of aromatic nitrogens is 3. The van der Waals surface area contributed by atoms with Crippen molar-refractivity contribution >= 4 is 33.4 Å². The fraction of sp³-hybridized carbons (Fsp3) is 0.250. The van der Waals surface area contributed by atoms with E-state index in [1.807, 2.05) is 17.7 Å². The molecule has 0 saturated carbocycles. The van der Waals surface area contributed by atoms with Crippen LogP contribution in [0.5, 0.6) is 0 Å². The van der Waals surface area contributed by atoms with E-state index in [1.165, 1.54) is 11.3 Å². The van der Waals surface area contributed by atoms with Crippen molar-refractivity contribution in [2.75, 3.05) is 6.61 Å². The number of hydrogen-bond donors (Lipinski definition) is 0. The number of hydrogen-bond acceptors (Lipinski definition) is 5. The van der Waals surface area contributed by atoms with Gasteiger partial charge in [-0.2, -0.15) is 10.1 Å². The number of benzene rings is 1. The number of carbonyl (C=O) groups excluding carboxylic acids is 2. The molecule has 0 bridgehead atoms. The lowest BCUT2D eigenvalue weighted by molar-refractivity contribution is 0.0526. The summed E-state index contributed by atoms with van der Waals surface area (Å²) in [5.41, 5.74) is 1.66. The van der Waals surface area contributed by atoms with Crippen LogP contribution in [0.15, 0.2) is 35.5 Å². The van der Waals surface area contributed by atoms with E-state index in [2.05, 4.69) is 10.1 Å². The molecule has 0 fully saturated rings. The van der Waals surface area contributed by atoms with Gasteiger partial charge in [0, 0.05) is 20.3 Å². The Morgan fingerprint density at radius 2 is 2.08 bits per heavy atom. The molecular weight excluding hydrogens is 328 g/mol. The molecule has 7 nitrogen and oxygen atoms in total. The minimum Gasteiger partial charge on any atom is -0.462 e. The van der Waals surface area contributed by atoms with Gasteiger partial charge in [0.15, 0.2) is 10.5 Å². The van der Waals surface area contributed by atoms with Gasteiger partial charge in [0.1, 0.15) is 0 Å². The van der Waals surface area contributed by atoms with Crippen LogP contribution in [0.3, 0.4) is 0 Å². The number of amides is 1. The molecule has 0 atom stereocenters. The molecule has 3 aromatic rings. The van der Waals surface area contributed by atoms with Crippen LogP contribution in [-0.4, -0.2) is 32.8 Å². The van der Waals surface area contributed by atoms with Gasteiger partial charge < -0.3 is 9.30 Å². The lowest BCUT2D eigenvalue weighted by Crippen LogP contribution is -2.13. The Balaban J connectivity index is 2.03. The lowest BCUT2D eigenvalue weighted by atomic mass is 10.2. The predicted octanol–water partition coefficient (Wildman–Crippen LogP) is 1.89. The highest BCUT2D eigenvalue weighted by molar-refractivity contribution is 7.16. The zero-order chi connectivity index (χ0) is 17.3. The lowest BCUT2D eigenvalue weighted by Gasteiger charge is -2.01. The summed E-state index contributed by atoms with van der Waals surface area (Å²) in [6, 6.07) is 6.90. The number of esters is 1. The SMILES string of the molecule is CCOC(=O)c1ccc2c(c1)sc(=NC(=O)c1ccn(C)n1)n2C. The fourth-order valence-corrected chi connectivity index (χ4v) is 3.31.